The van der Waals surface area contributed by atoms with Crippen molar-refractivity contribution in [2.75, 3.05) is 0 Å². The zero-order chi connectivity index (χ0) is 8.48. The lowest BCUT2D eigenvalue weighted by atomic mass is 9.71. The summed E-state index contributed by atoms with van der Waals surface area (Å²) in [5, 5.41) is 9.70. The van der Waals surface area contributed by atoms with E-state index in [0.29, 0.717) is 11.3 Å². The first-order valence-corrected chi connectivity index (χ1v) is 4.70. The van der Waals surface area contributed by atoms with E-state index in [-0.39, 0.29) is 6.10 Å². The maximum Gasteiger partial charge on any atom is 0.0573 e. The van der Waals surface area contributed by atoms with Gasteiger partial charge in [-0.15, -0.1) is 0 Å². The summed E-state index contributed by atoms with van der Waals surface area (Å²) in [5.41, 5.74) is 0.292. The minimum absolute atomic E-state index is 0.0382. The molecule has 0 bridgehead atoms. The average Bonchev–Trinajstić information content (AvgIpc) is 1.86. The number of aliphatic hydroxyl groups is 1. The maximum absolute atomic E-state index is 9.70. The molecule has 0 aromatic carbocycles. The fraction of sp³-hybridized carbons (Fsp3) is 1.00. The fourth-order valence-electron chi connectivity index (χ4n) is 2.12. The standard InChI is InChI=1S/C10H20O/c1-10(2,3)8-6-4-5-7-9(8)11/h8-9,11H,4-7H2,1-3H3/t8-,9?/m1/s1. The molecule has 0 amide bonds. The van der Waals surface area contributed by atoms with Crippen molar-refractivity contribution in [2.24, 2.45) is 11.3 Å². The van der Waals surface area contributed by atoms with Crippen molar-refractivity contribution in [3.63, 3.8) is 0 Å². The van der Waals surface area contributed by atoms with E-state index in [1.54, 1.807) is 0 Å². The molecule has 0 aliphatic heterocycles. The van der Waals surface area contributed by atoms with Gasteiger partial charge in [-0.3, -0.25) is 0 Å². The van der Waals surface area contributed by atoms with Crippen molar-refractivity contribution in [3.05, 3.63) is 0 Å². The lowest BCUT2D eigenvalue weighted by Gasteiger charge is -2.37. The minimum atomic E-state index is -0.0382. The number of rotatable bonds is 0. The van der Waals surface area contributed by atoms with Crippen LogP contribution in [0.15, 0.2) is 0 Å². The van der Waals surface area contributed by atoms with Crippen LogP contribution in [0.25, 0.3) is 0 Å². The van der Waals surface area contributed by atoms with Crippen LogP contribution in [0.5, 0.6) is 0 Å². The largest absolute Gasteiger partial charge is 0.393 e. The molecule has 1 unspecified atom stereocenters. The summed E-state index contributed by atoms with van der Waals surface area (Å²) in [6, 6.07) is 0. The first kappa shape index (κ1) is 9.05. The molecule has 11 heavy (non-hydrogen) atoms. The molecule has 0 aromatic heterocycles. The van der Waals surface area contributed by atoms with Crippen molar-refractivity contribution < 1.29 is 5.11 Å². The van der Waals surface area contributed by atoms with E-state index in [2.05, 4.69) is 20.8 Å². The molecule has 1 heteroatoms. The molecule has 1 aliphatic rings. The van der Waals surface area contributed by atoms with Crippen molar-refractivity contribution in [3.8, 4) is 0 Å². The molecule has 0 aromatic rings. The Bertz CT molecular complexity index is 123. The first-order chi connectivity index (χ1) is 5.02. The maximum atomic E-state index is 9.70. The Morgan fingerprint density at radius 3 is 2.00 bits per heavy atom. The van der Waals surface area contributed by atoms with Crippen LogP contribution in [0.4, 0.5) is 0 Å². The lowest BCUT2D eigenvalue weighted by molar-refractivity contribution is 0.0105. The molecule has 1 aliphatic carbocycles. The van der Waals surface area contributed by atoms with Crippen LogP contribution in [0.3, 0.4) is 0 Å². The molecular weight excluding hydrogens is 136 g/mol. The molecule has 0 saturated heterocycles. The van der Waals surface area contributed by atoms with Crippen LogP contribution in [-0.2, 0) is 0 Å². The van der Waals surface area contributed by atoms with Gasteiger partial charge in [0.1, 0.15) is 0 Å². The molecule has 2 atom stereocenters. The Labute approximate surface area is 69.8 Å². The average molecular weight is 156 g/mol. The van der Waals surface area contributed by atoms with E-state index >= 15 is 0 Å². The molecule has 1 saturated carbocycles. The third-order valence-corrected chi connectivity index (χ3v) is 2.84. The molecule has 1 N–H and O–H groups in total. The summed E-state index contributed by atoms with van der Waals surface area (Å²) in [6.07, 6.45) is 4.71. The summed E-state index contributed by atoms with van der Waals surface area (Å²) < 4.78 is 0. The van der Waals surface area contributed by atoms with Gasteiger partial charge in [0.2, 0.25) is 0 Å². The fourth-order valence-corrected chi connectivity index (χ4v) is 2.12. The Kier molecular flexibility index (Phi) is 2.58. The Morgan fingerprint density at radius 2 is 1.64 bits per heavy atom. The highest BCUT2D eigenvalue weighted by Crippen LogP contribution is 2.37. The normalized spacial score (nSPS) is 33.8. The van der Waals surface area contributed by atoms with Gasteiger partial charge < -0.3 is 5.11 Å². The predicted molar refractivity (Wildman–Crippen MR) is 47.4 cm³/mol. The van der Waals surface area contributed by atoms with Crippen molar-refractivity contribution in [2.45, 2.75) is 52.6 Å². The summed E-state index contributed by atoms with van der Waals surface area (Å²) in [7, 11) is 0. The van der Waals surface area contributed by atoms with Gasteiger partial charge in [0.15, 0.2) is 0 Å². The number of hydrogen-bond donors (Lipinski definition) is 1. The molecule has 1 nitrogen and oxygen atoms in total. The van der Waals surface area contributed by atoms with Crippen LogP contribution in [0.2, 0.25) is 0 Å². The second kappa shape index (κ2) is 3.14. The zero-order valence-corrected chi connectivity index (χ0v) is 7.93. The topological polar surface area (TPSA) is 20.2 Å². The second-order valence-corrected chi connectivity index (χ2v) is 4.82. The van der Waals surface area contributed by atoms with Crippen LogP contribution in [-0.4, -0.2) is 11.2 Å². The highest BCUT2D eigenvalue weighted by Gasteiger charge is 2.32. The zero-order valence-electron chi connectivity index (χ0n) is 7.93. The van der Waals surface area contributed by atoms with Gasteiger partial charge in [-0.2, -0.15) is 0 Å². The minimum Gasteiger partial charge on any atom is -0.393 e. The van der Waals surface area contributed by atoms with E-state index in [9.17, 15) is 5.11 Å². The molecule has 0 spiro atoms. The van der Waals surface area contributed by atoms with Gasteiger partial charge in [0.05, 0.1) is 6.10 Å². The third-order valence-electron chi connectivity index (χ3n) is 2.84. The van der Waals surface area contributed by atoms with E-state index in [4.69, 9.17) is 0 Å². The number of hydrogen-bond acceptors (Lipinski definition) is 1. The third kappa shape index (κ3) is 2.19. The first-order valence-electron chi connectivity index (χ1n) is 4.70. The molecular formula is C10H20O. The molecule has 0 radical (unpaired) electrons. The van der Waals surface area contributed by atoms with Gasteiger partial charge in [-0.1, -0.05) is 33.6 Å². The summed E-state index contributed by atoms with van der Waals surface area (Å²) in [5.74, 6) is 0.524. The summed E-state index contributed by atoms with van der Waals surface area (Å²) >= 11 is 0. The smallest absolute Gasteiger partial charge is 0.0573 e. The highest BCUT2D eigenvalue weighted by molar-refractivity contribution is 4.83. The Balaban J connectivity index is 2.55. The van der Waals surface area contributed by atoms with Gasteiger partial charge in [0.25, 0.3) is 0 Å². The SMILES string of the molecule is CC(C)(C)[C@@H]1CCCCC1O. The van der Waals surface area contributed by atoms with Crippen LogP contribution in [0.1, 0.15) is 46.5 Å². The van der Waals surface area contributed by atoms with E-state index in [1.165, 1.54) is 19.3 Å². The second-order valence-electron chi connectivity index (χ2n) is 4.82. The molecule has 1 rings (SSSR count). The van der Waals surface area contributed by atoms with E-state index < -0.39 is 0 Å². The molecule has 0 heterocycles. The van der Waals surface area contributed by atoms with E-state index in [1.807, 2.05) is 0 Å². The van der Waals surface area contributed by atoms with Gasteiger partial charge >= 0.3 is 0 Å². The van der Waals surface area contributed by atoms with Crippen LogP contribution >= 0.6 is 0 Å². The summed E-state index contributed by atoms with van der Waals surface area (Å²) in [4.78, 5) is 0. The quantitative estimate of drug-likeness (QED) is 0.571. The van der Waals surface area contributed by atoms with E-state index in [0.717, 1.165) is 6.42 Å². The molecule has 66 valence electrons. The van der Waals surface area contributed by atoms with Crippen molar-refractivity contribution in [1.82, 2.24) is 0 Å². The van der Waals surface area contributed by atoms with Gasteiger partial charge in [-0.05, 0) is 24.2 Å². The van der Waals surface area contributed by atoms with Gasteiger partial charge in [0, 0.05) is 0 Å². The van der Waals surface area contributed by atoms with Crippen molar-refractivity contribution in [1.29, 1.82) is 0 Å². The Hall–Kier alpha value is -0.0400. The number of aliphatic hydroxyl groups excluding tert-OH is 1. The monoisotopic (exact) mass is 156 g/mol. The Morgan fingerprint density at radius 1 is 1.09 bits per heavy atom. The highest BCUT2D eigenvalue weighted by atomic mass is 16.3. The lowest BCUT2D eigenvalue weighted by Crippen LogP contribution is -2.34. The molecule has 1 fully saturated rings. The van der Waals surface area contributed by atoms with Crippen LogP contribution in [0, 0.1) is 11.3 Å². The van der Waals surface area contributed by atoms with Gasteiger partial charge in [-0.25, -0.2) is 0 Å². The van der Waals surface area contributed by atoms with Crippen LogP contribution < -0.4 is 0 Å². The van der Waals surface area contributed by atoms with Crippen molar-refractivity contribution >= 4 is 0 Å². The summed E-state index contributed by atoms with van der Waals surface area (Å²) in [6.45, 7) is 6.69. The predicted octanol–water partition coefficient (Wildman–Crippen LogP) is 2.58.